The minimum atomic E-state index is -0.507. The lowest BCUT2D eigenvalue weighted by Gasteiger charge is -2.29. The number of carbonyl (C=O) groups is 1. The Hall–Kier alpha value is -2.54. The first-order valence-corrected chi connectivity index (χ1v) is 9.78. The number of ether oxygens (including phenoxy) is 1. The van der Waals surface area contributed by atoms with E-state index in [0.717, 1.165) is 37.9 Å². The largest absolute Gasteiger partial charge is 0.369 e. The van der Waals surface area contributed by atoms with Crippen molar-refractivity contribution in [1.82, 2.24) is 15.3 Å². The van der Waals surface area contributed by atoms with E-state index in [4.69, 9.17) is 4.74 Å². The van der Waals surface area contributed by atoms with Crippen LogP contribution in [0.4, 0.5) is 10.2 Å². The van der Waals surface area contributed by atoms with Crippen LogP contribution in [0.1, 0.15) is 28.8 Å². The van der Waals surface area contributed by atoms with E-state index in [0.29, 0.717) is 12.5 Å². The summed E-state index contributed by atoms with van der Waals surface area (Å²) in [5, 5.41) is 2.97. The number of carbonyl (C=O) groups excluding carboxylic acids is 1. The SMILES string of the molecule is Cc1ccnc(N2C[C@@H]3[C@H](CNC(=O)c4cncc(F)c4)[C@H]4CC[C@]3(C2)O4)c1. The minimum absolute atomic E-state index is 0.133. The molecule has 5 heterocycles. The molecule has 1 N–H and O–H groups in total. The maximum absolute atomic E-state index is 13.3. The van der Waals surface area contributed by atoms with Crippen LogP contribution in [0.2, 0.25) is 0 Å². The number of nitrogens with one attached hydrogen (secondary N) is 1. The van der Waals surface area contributed by atoms with Crippen LogP contribution in [0.3, 0.4) is 0 Å². The summed E-state index contributed by atoms with van der Waals surface area (Å²) in [7, 11) is 0. The molecule has 146 valence electrons. The van der Waals surface area contributed by atoms with E-state index in [2.05, 4.69) is 33.2 Å². The molecule has 1 spiro atoms. The number of fused-ring (bicyclic) bond motifs is 1. The highest BCUT2D eigenvalue weighted by Crippen LogP contribution is 2.55. The third kappa shape index (κ3) is 2.85. The van der Waals surface area contributed by atoms with Gasteiger partial charge >= 0.3 is 0 Å². The van der Waals surface area contributed by atoms with E-state index in [-0.39, 0.29) is 29.1 Å². The molecule has 0 unspecified atom stereocenters. The zero-order chi connectivity index (χ0) is 19.3. The lowest BCUT2D eigenvalue weighted by atomic mass is 9.73. The molecule has 28 heavy (non-hydrogen) atoms. The third-order valence-electron chi connectivity index (χ3n) is 6.47. The summed E-state index contributed by atoms with van der Waals surface area (Å²) in [6.07, 6.45) is 6.59. The first kappa shape index (κ1) is 17.6. The maximum Gasteiger partial charge on any atom is 0.252 e. The predicted molar refractivity (Wildman–Crippen MR) is 102 cm³/mol. The van der Waals surface area contributed by atoms with E-state index in [1.165, 1.54) is 17.8 Å². The fraction of sp³-hybridized carbons (Fsp3) is 0.476. The van der Waals surface area contributed by atoms with Gasteiger partial charge in [-0.2, -0.15) is 0 Å². The Kier molecular flexibility index (Phi) is 4.08. The first-order chi connectivity index (χ1) is 13.5. The Morgan fingerprint density at radius 3 is 3.14 bits per heavy atom. The highest BCUT2D eigenvalue weighted by molar-refractivity contribution is 5.93. The molecule has 7 heteroatoms. The van der Waals surface area contributed by atoms with Gasteiger partial charge in [-0.05, 0) is 43.5 Å². The second kappa shape index (κ2) is 6.51. The molecular weight excluding hydrogens is 359 g/mol. The molecule has 3 aliphatic rings. The summed E-state index contributed by atoms with van der Waals surface area (Å²) < 4.78 is 19.8. The predicted octanol–water partition coefficient (Wildman–Crippen LogP) is 2.34. The summed E-state index contributed by atoms with van der Waals surface area (Å²) in [4.78, 5) is 23.0. The average molecular weight is 382 g/mol. The number of hydrogen-bond acceptors (Lipinski definition) is 5. The van der Waals surface area contributed by atoms with Crippen molar-refractivity contribution in [3.05, 3.63) is 53.7 Å². The van der Waals surface area contributed by atoms with Crippen LogP contribution in [-0.4, -0.2) is 47.2 Å². The Balaban J connectivity index is 1.30. The van der Waals surface area contributed by atoms with Crippen LogP contribution in [-0.2, 0) is 4.74 Å². The fourth-order valence-corrected chi connectivity index (χ4v) is 5.18. The molecule has 3 aliphatic heterocycles. The van der Waals surface area contributed by atoms with Gasteiger partial charge in [0.2, 0.25) is 0 Å². The Labute approximate surface area is 163 Å². The topological polar surface area (TPSA) is 67.4 Å². The number of halogens is 1. The third-order valence-corrected chi connectivity index (χ3v) is 6.47. The molecule has 0 aromatic carbocycles. The second-order valence-corrected chi connectivity index (χ2v) is 8.20. The van der Waals surface area contributed by atoms with Gasteiger partial charge in [-0.25, -0.2) is 9.37 Å². The van der Waals surface area contributed by atoms with E-state index in [1.807, 2.05) is 12.3 Å². The molecular formula is C21H23FN4O2. The lowest BCUT2D eigenvalue weighted by molar-refractivity contribution is 0.0141. The summed E-state index contributed by atoms with van der Waals surface area (Å²) >= 11 is 0. The van der Waals surface area contributed by atoms with Gasteiger partial charge in [0, 0.05) is 43.9 Å². The van der Waals surface area contributed by atoms with Crippen molar-refractivity contribution in [3.8, 4) is 0 Å². The van der Waals surface area contributed by atoms with E-state index in [1.54, 1.807) is 0 Å². The van der Waals surface area contributed by atoms with Gasteiger partial charge in [-0.15, -0.1) is 0 Å². The summed E-state index contributed by atoms with van der Waals surface area (Å²) in [5.41, 5.74) is 1.31. The van der Waals surface area contributed by atoms with Crippen molar-refractivity contribution in [2.75, 3.05) is 24.5 Å². The number of amides is 1. The summed E-state index contributed by atoms with van der Waals surface area (Å²) in [6, 6.07) is 5.32. The zero-order valence-electron chi connectivity index (χ0n) is 15.8. The molecule has 3 saturated heterocycles. The molecule has 0 radical (unpaired) electrons. The Bertz CT molecular complexity index is 923. The average Bonchev–Trinajstić information content (AvgIpc) is 3.34. The molecule has 6 nitrogen and oxygen atoms in total. The van der Waals surface area contributed by atoms with Gasteiger partial charge in [0.25, 0.3) is 5.91 Å². The number of rotatable bonds is 4. The van der Waals surface area contributed by atoms with E-state index in [9.17, 15) is 9.18 Å². The number of aryl methyl sites for hydroxylation is 1. The number of nitrogens with zero attached hydrogens (tertiary/aromatic N) is 3. The van der Waals surface area contributed by atoms with Crippen LogP contribution in [0, 0.1) is 24.6 Å². The smallest absolute Gasteiger partial charge is 0.252 e. The number of pyridine rings is 2. The van der Waals surface area contributed by atoms with Crippen molar-refractivity contribution in [1.29, 1.82) is 0 Å². The highest BCUT2D eigenvalue weighted by atomic mass is 19.1. The molecule has 3 fully saturated rings. The molecule has 1 amide bonds. The molecule has 2 aromatic rings. The summed E-state index contributed by atoms with van der Waals surface area (Å²) in [6.45, 7) is 4.33. The molecule has 4 atom stereocenters. The van der Waals surface area contributed by atoms with Crippen LogP contribution in [0.15, 0.2) is 36.8 Å². The van der Waals surface area contributed by atoms with Gasteiger partial charge in [-0.3, -0.25) is 9.78 Å². The standard InChI is InChI=1S/C21H23FN4O2/c1-13-3-5-24-19(6-13)26-11-17-16(18-2-4-21(17,12-26)28-18)10-25-20(27)14-7-15(22)9-23-8-14/h3,5-9,16-18H,2,4,10-12H2,1H3,(H,25,27)/t16-,17+,18+,21+/m0/s1. The molecule has 0 aliphatic carbocycles. The van der Waals surface area contributed by atoms with E-state index < -0.39 is 5.82 Å². The highest BCUT2D eigenvalue weighted by Gasteiger charge is 2.63. The number of aromatic nitrogens is 2. The molecule has 0 saturated carbocycles. The van der Waals surface area contributed by atoms with Crippen LogP contribution < -0.4 is 10.2 Å². The maximum atomic E-state index is 13.3. The van der Waals surface area contributed by atoms with Gasteiger partial charge < -0.3 is 15.0 Å². The molecule has 2 aromatic heterocycles. The number of hydrogen-bond donors (Lipinski definition) is 1. The van der Waals surface area contributed by atoms with E-state index >= 15 is 0 Å². The molecule has 5 rings (SSSR count). The quantitative estimate of drug-likeness (QED) is 0.879. The van der Waals surface area contributed by atoms with Crippen molar-refractivity contribution >= 4 is 11.7 Å². The molecule has 2 bridgehead atoms. The van der Waals surface area contributed by atoms with Gasteiger partial charge in [0.1, 0.15) is 11.6 Å². The van der Waals surface area contributed by atoms with Crippen LogP contribution in [0.25, 0.3) is 0 Å². The van der Waals surface area contributed by atoms with Gasteiger partial charge in [0.05, 0.1) is 23.5 Å². The van der Waals surface area contributed by atoms with Crippen molar-refractivity contribution in [2.24, 2.45) is 11.8 Å². The Morgan fingerprint density at radius 1 is 1.43 bits per heavy atom. The summed E-state index contributed by atoms with van der Waals surface area (Å²) in [5.74, 6) is 0.809. The van der Waals surface area contributed by atoms with Crippen LogP contribution in [0.5, 0.6) is 0 Å². The van der Waals surface area contributed by atoms with Gasteiger partial charge in [-0.1, -0.05) is 0 Å². The lowest BCUT2D eigenvalue weighted by Crippen LogP contribution is -2.41. The first-order valence-electron chi connectivity index (χ1n) is 9.78. The second-order valence-electron chi connectivity index (χ2n) is 8.20. The van der Waals surface area contributed by atoms with Gasteiger partial charge in [0.15, 0.2) is 0 Å². The monoisotopic (exact) mass is 382 g/mol. The Morgan fingerprint density at radius 2 is 2.32 bits per heavy atom. The fourth-order valence-electron chi connectivity index (χ4n) is 5.18. The minimum Gasteiger partial charge on any atom is -0.369 e. The normalized spacial score (nSPS) is 30.5. The van der Waals surface area contributed by atoms with Crippen molar-refractivity contribution < 1.29 is 13.9 Å². The van der Waals surface area contributed by atoms with Crippen molar-refractivity contribution in [3.63, 3.8) is 0 Å². The zero-order valence-corrected chi connectivity index (χ0v) is 15.8. The van der Waals surface area contributed by atoms with Crippen LogP contribution >= 0.6 is 0 Å². The van der Waals surface area contributed by atoms with Crippen molar-refractivity contribution in [2.45, 2.75) is 31.5 Å². The number of anilines is 1.